The molecule has 5 rings (SSSR count). The van der Waals surface area contributed by atoms with Crippen LogP contribution >= 0.6 is 11.3 Å². The Morgan fingerprint density at radius 1 is 0.889 bits per heavy atom. The van der Waals surface area contributed by atoms with E-state index in [0.717, 1.165) is 27.9 Å². The maximum atomic E-state index is 12.9. The molecule has 1 fully saturated rings. The fourth-order valence-corrected chi connectivity index (χ4v) is 6.55. The van der Waals surface area contributed by atoms with Crippen molar-refractivity contribution in [2.75, 3.05) is 18.4 Å². The van der Waals surface area contributed by atoms with E-state index in [1.54, 1.807) is 24.3 Å². The standard InChI is InChI=1S/C28H27N3O3S2/c1-20-7-13-25(14-8-20)36(33,34)31-17-15-24(16-18-31)27(32)30-28-29-26(19-35-28)23-11-9-22(10-12-23)21-5-3-2-4-6-21/h2-14,19,24H,15-18H2,1H3,(H,29,30,32). The number of benzene rings is 3. The zero-order chi connectivity index (χ0) is 25.1. The predicted molar refractivity (Wildman–Crippen MR) is 144 cm³/mol. The number of hydrogen-bond donors (Lipinski definition) is 1. The number of amides is 1. The second kappa shape index (κ2) is 10.3. The van der Waals surface area contributed by atoms with E-state index in [1.807, 2.05) is 42.6 Å². The summed E-state index contributed by atoms with van der Waals surface area (Å²) < 4.78 is 27.3. The highest BCUT2D eigenvalue weighted by Gasteiger charge is 2.32. The van der Waals surface area contributed by atoms with Crippen molar-refractivity contribution in [1.29, 1.82) is 0 Å². The lowest BCUT2D eigenvalue weighted by Gasteiger charge is -2.30. The molecule has 0 radical (unpaired) electrons. The summed E-state index contributed by atoms with van der Waals surface area (Å²) in [7, 11) is -3.54. The molecule has 0 bridgehead atoms. The number of aryl methyl sites for hydroxylation is 1. The maximum Gasteiger partial charge on any atom is 0.243 e. The molecular weight excluding hydrogens is 490 g/mol. The lowest BCUT2D eigenvalue weighted by molar-refractivity contribution is -0.120. The molecular formula is C28H27N3O3S2. The van der Waals surface area contributed by atoms with Gasteiger partial charge in [0.2, 0.25) is 15.9 Å². The van der Waals surface area contributed by atoms with Crippen LogP contribution in [0.5, 0.6) is 0 Å². The predicted octanol–water partition coefficient (Wildman–Crippen LogP) is 5.82. The lowest BCUT2D eigenvalue weighted by Crippen LogP contribution is -2.41. The van der Waals surface area contributed by atoms with Crippen LogP contribution in [0.2, 0.25) is 0 Å². The largest absolute Gasteiger partial charge is 0.302 e. The summed E-state index contributed by atoms with van der Waals surface area (Å²) in [4.78, 5) is 17.8. The number of anilines is 1. The average Bonchev–Trinajstić information content (AvgIpc) is 3.38. The van der Waals surface area contributed by atoms with Gasteiger partial charge in [-0.25, -0.2) is 13.4 Å². The SMILES string of the molecule is Cc1ccc(S(=O)(=O)N2CCC(C(=O)Nc3nc(-c4ccc(-c5ccccc5)cc4)cs3)CC2)cc1. The third-order valence-electron chi connectivity index (χ3n) is 6.51. The van der Waals surface area contributed by atoms with E-state index in [4.69, 9.17) is 0 Å². The molecule has 4 aromatic rings. The molecule has 0 atom stereocenters. The van der Waals surface area contributed by atoms with Gasteiger partial charge >= 0.3 is 0 Å². The molecule has 3 aromatic carbocycles. The second-order valence-electron chi connectivity index (χ2n) is 8.96. The number of carbonyl (C=O) groups excluding carboxylic acids is 1. The van der Waals surface area contributed by atoms with Crippen molar-refractivity contribution in [1.82, 2.24) is 9.29 Å². The number of piperidine rings is 1. The molecule has 0 spiro atoms. The van der Waals surface area contributed by atoms with E-state index < -0.39 is 10.0 Å². The van der Waals surface area contributed by atoms with Gasteiger partial charge in [0.25, 0.3) is 0 Å². The summed E-state index contributed by atoms with van der Waals surface area (Å²) in [6, 6.07) is 25.3. The highest BCUT2D eigenvalue weighted by atomic mass is 32.2. The number of thiazole rings is 1. The van der Waals surface area contributed by atoms with E-state index >= 15 is 0 Å². The Bertz CT molecular complexity index is 1440. The summed E-state index contributed by atoms with van der Waals surface area (Å²) in [6.07, 6.45) is 0.964. The van der Waals surface area contributed by atoms with E-state index in [9.17, 15) is 13.2 Å². The first-order valence-electron chi connectivity index (χ1n) is 11.9. The summed E-state index contributed by atoms with van der Waals surface area (Å²) in [5.74, 6) is -0.352. The Hall–Kier alpha value is -3.33. The summed E-state index contributed by atoms with van der Waals surface area (Å²) >= 11 is 1.39. The van der Waals surface area contributed by atoms with Gasteiger partial charge in [-0.1, -0.05) is 72.3 Å². The topological polar surface area (TPSA) is 79.4 Å². The van der Waals surface area contributed by atoms with Crippen molar-refractivity contribution >= 4 is 32.4 Å². The van der Waals surface area contributed by atoms with Crippen LogP contribution in [0.4, 0.5) is 5.13 Å². The van der Waals surface area contributed by atoms with E-state index in [2.05, 4.69) is 34.6 Å². The van der Waals surface area contributed by atoms with E-state index in [0.29, 0.717) is 36.0 Å². The highest BCUT2D eigenvalue weighted by molar-refractivity contribution is 7.89. The van der Waals surface area contributed by atoms with Crippen LogP contribution in [0.1, 0.15) is 18.4 Å². The van der Waals surface area contributed by atoms with Crippen LogP contribution < -0.4 is 5.32 Å². The first kappa shape index (κ1) is 24.4. The van der Waals surface area contributed by atoms with Gasteiger partial charge in [0.05, 0.1) is 10.6 Å². The van der Waals surface area contributed by atoms with Gasteiger partial charge in [-0.3, -0.25) is 4.79 Å². The summed E-state index contributed by atoms with van der Waals surface area (Å²) in [5, 5.41) is 5.42. The normalized spacial score (nSPS) is 15.0. The molecule has 1 N–H and O–H groups in total. The van der Waals surface area contributed by atoms with E-state index in [1.165, 1.54) is 15.6 Å². The van der Waals surface area contributed by atoms with Crippen molar-refractivity contribution in [2.24, 2.45) is 5.92 Å². The average molecular weight is 518 g/mol. The lowest BCUT2D eigenvalue weighted by atomic mass is 9.97. The number of aromatic nitrogens is 1. The van der Waals surface area contributed by atoms with Gasteiger partial charge < -0.3 is 5.32 Å². The molecule has 6 nitrogen and oxygen atoms in total. The van der Waals surface area contributed by atoms with Gasteiger partial charge in [0, 0.05) is 30.0 Å². The molecule has 1 aliphatic heterocycles. The number of nitrogens with zero attached hydrogens (tertiary/aromatic N) is 2. The Labute approximate surface area is 215 Å². The van der Waals surface area contributed by atoms with Crippen LogP contribution in [-0.2, 0) is 14.8 Å². The fourth-order valence-electron chi connectivity index (χ4n) is 4.35. The monoisotopic (exact) mass is 517 g/mol. The van der Waals surface area contributed by atoms with Crippen LogP contribution in [-0.4, -0.2) is 36.7 Å². The third kappa shape index (κ3) is 5.26. The maximum absolute atomic E-state index is 12.9. The molecule has 1 amide bonds. The van der Waals surface area contributed by atoms with E-state index in [-0.39, 0.29) is 11.8 Å². The number of rotatable bonds is 6. The van der Waals surface area contributed by atoms with Crippen molar-refractivity contribution < 1.29 is 13.2 Å². The quantitative estimate of drug-likeness (QED) is 0.349. The Morgan fingerprint density at radius 3 is 2.17 bits per heavy atom. The van der Waals surface area contributed by atoms with Crippen LogP contribution in [0.3, 0.4) is 0 Å². The summed E-state index contributed by atoms with van der Waals surface area (Å²) in [6.45, 7) is 2.57. The first-order chi connectivity index (χ1) is 17.4. The van der Waals surface area contributed by atoms with Crippen LogP contribution in [0.25, 0.3) is 22.4 Å². The number of nitrogens with one attached hydrogen (secondary N) is 1. The number of sulfonamides is 1. The van der Waals surface area contributed by atoms with Crippen molar-refractivity contribution in [3.63, 3.8) is 0 Å². The second-order valence-corrected chi connectivity index (χ2v) is 11.8. The van der Waals surface area contributed by atoms with Crippen molar-refractivity contribution in [3.05, 3.63) is 89.8 Å². The minimum absolute atomic E-state index is 0.109. The zero-order valence-electron chi connectivity index (χ0n) is 19.9. The molecule has 1 aliphatic rings. The minimum atomic E-state index is -3.54. The van der Waals surface area contributed by atoms with Crippen LogP contribution in [0, 0.1) is 12.8 Å². The first-order valence-corrected chi connectivity index (χ1v) is 14.2. The molecule has 1 saturated heterocycles. The Balaban J connectivity index is 1.18. The minimum Gasteiger partial charge on any atom is -0.302 e. The van der Waals surface area contributed by atoms with Crippen molar-refractivity contribution in [2.45, 2.75) is 24.7 Å². The molecule has 1 aromatic heterocycles. The Kier molecular flexibility index (Phi) is 7.00. The highest BCUT2D eigenvalue weighted by Crippen LogP contribution is 2.29. The third-order valence-corrected chi connectivity index (χ3v) is 9.18. The molecule has 0 unspecified atom stereocenters. The van der Waals surface area contributed by atoms with Crippen molar-refractivity contribution in [3.8, 4) is 22.4 Å². The van der Waals surface area contributed by atoms with Gasteiger partial charge in [-0.15, -0.1) is 11.3 Å². The Morgan fingerprint density at radius 2 is 1.50 bits per heavy atom. The smallest absolute Gasteiger partial charge is 0.243 e. The van der Waals surface area contributed by atoms with Gasteiger partial charge in [0.1, 0.15) is 0 Å². The molecule has 0 saturated carbocycles. The molecule has 2 heterocycles. The van der Waals surface area contributed by atoms with Gasteiger partial charge in [0.15, 0.2) is 5.13 Å². The van der Waals surface area contributed by atoms with Gasteiger partial charge in [-0.05, 0) is 43.0 Å². The molecule has 184 valence electrons. The molecule has 36 heavy (non-hydrogen) atoms. The zero-order valence-corrected chi connectivity index (χ0v) is 21.6. The molecule has 0 aliphatic carbocycles. The summed E-state index contributed by atoms with van der Waals surface area (Å²) in [5.41, 5.74) is 5.11. The number of carbonyl (C=O) groups is 1. The molecule has 8 heteroatoms. The fraction of sp³-hybridized carbons (Fsp3) is 0.214. The number of hydrogen-bond acceptors (Lipinski definition) is 5. The van der Waals surface area contributed by atoms with Crippen LogP contribution in [0.15, 0.2) is 89.1 Å². The van der Waals surface area contributed by atoms with Gasteiger partial charge in [-0.2, -0.15) is 4.31 Å².